The molecule has 2 aromatic carbocycles. The summed E-state index contributed by atoms with van der Waals surface area (Å²) in [5.41, 5.74) is 8.06. The van der Waals surface area contributed by atoms with Crippen LogP contribution in [0.5, 0.6) is 0 Å². The maximum absolute atomic E-state index is 5.49. The van der Waals surface area contributed by atoms with Crippen molar-refractivity contribution in [3.05, 3.63) is 83.6 Å². The predicted octanol–water partition coefficient (Wildman–Crippen LogP) is 3.49. The number of hydrazone groups is 1. The molecule has 0 bridgehead atoms. The molecule has 0 saturated carbocycles. The number of hydrogen-bond acceptors (Lipinski definition) is 5. The molecule has 0 aromatic heterocycles. The molecular weight excluding hydrogens is 340 g/mol. The second-order valence-corrected chi connectivity index (χ2v) is 6.50. The Morgan fingerprint density at radius 1 is 1.15 bits per heavy atom. The zero-order valence-electron chi connectivity index (χ0n) is 15.8. The van der Waals surface area contributed by atoms with Crippen molar-refractivity contribution in [2.45, 2.75) is 19.4 Å². The van der Waals surface area contributed by atoms with Crippen molar-refractivity contribution in [1.82, 2.24) is 15.5 Å². The Hall–Kier alpha value is -3.19. The second kappa shape index (κ2) is 8.95. The van der Waals surface area contributed by atoms with Crippen LogP contribution in [0.4, 0.5) is 5.69 Å². The highest BCUT2D eigenvalue weighted by Crippen LogP contribution is 2.19. The van der Waals surface area contributed by atoms with Crippen molar-refractivity contribution in [2.24, 2.45) is 5.10 Å². The van der Waals surface area contributed by atoms with Gasteiger partial charge in [-0.2, -0.15) is 0 Å². The third-order valence-corrected chi connectivity index (χ3v) is 4.02. The van der Waals surface area contributed by atoms with Crippen LogP contribution in [0.15, 0.2) is 77.8 Å². The zero-order chi connectivity index (χ0) is 19.1. The number of nitrogens with one attached hydrogen (secondary N) is 2. The van der Waals surface area contributed by atoms with Gasteiger partial charge in [0.25, 0.3) is 0 Å². The van der Waals surface area contributed by atoms with E-state index in [0.717, 1.165) is 12.1 Å². The largest absolute Gasteiger partial charge is 0.431 e. The first-order chi connectivity index (χ1) is 13.1. The van der Waals surface area contributed by atoms with Gasteiger partial charge in [-0.3, -0.25) is 10.1 Å². The number of nitrogens with zero attached hydrogens (tertiary/aromatic N) is 4. The number of anilines is 1. The van der Waals surface area contributed by atoms with Crippen molar-refractivity contribution in [3.8, 4) is 0 Å². The molecule has 0 spiro atoms. The van der Waals surface area contributed by atoms with Crippen LogP contribution >= 0.6 is 0 Å². The van der Waals surface area contributed by atoms with Gasteiger partial charge in [0.05, 0.1) is 6.20 Å². The van der Waals surface area contributed by atoms with Crippen molar-refractivity contribution in [2.75, 3.05) is 19.5 Å². The number of rotatable bonds is 6. The zero-order valence-corrected chi connectivity index (χ0v) is 15.8. The maximum Gasteiger partial charge on any atom is 0.191 e. The minimum atomic E-state index is 0.210. The van der Waals surface area contributed by atoms with E-state index < -0.39 is 0 Å². The van der Waals surface area contributed by atoms with Crippen LogP contribution in [-0.4, -0.2) is 36.0 Å². The molecule has 142 valence electrons. The molecule has 0 saturated heterocycles. The lowest BCUT2D eigenvalue weighted by Crippen LogP contribution is -2.37. The number of hydrazine groups is 1. The Morgan fingerprint density at radius 2 is 1.81 bits per heavy atom. The first kappa shape index (κ1) is 18.6. The molecular formula is C20H25N6O-. The lowest BCUT2D eigenvalue weighted by Gasteiger charge is -2.25. The topological polar surface area (TPSA) is 66.2 Å². The molecule has 7 heteroatoms. The van der Waals surface area contributed by atoms with Crippen molar-refractivity contribution in [3.63, 3.8) is 0 Å². The van der Waals surface area contributed by atoms with E-state index in [0.29, 0.717) is 11.8 Å². The summed E-state index contributed by atoms with van der Waals surface area (Å²) in [5, 5.41) is 10.7. The molecule has 0 aliphatic carbocycles. The van der Waals surface area contributed by atoms with Gasteiger partial charge in [0, 0.05) is 17.7 Å². The molecule has 27 heavy (non-hydrogen) atoms. The summed E-state index contributed by atoms with van der Waals surface area (Å²) in [5.74, 6) is 0.960. The van der Waals surface area contributed by atoms with Crippen LogP contribution in [-0.2, 0) is 11.3 Å². The van der Waals surface area contributed by atoms with Crippen molar-refractivity contribution in [1.29, 1.82) is 0 Å². The van der Waals surface area contributed by atoms with Crippen LogP contribution in [0.3, 0.4) is 0 Å². The van der Waals surface area contributed by atoms with Gasteiger partial charge >= 0.3 is 0 Å². The number of para-hydroxylation sites is 1. The van der Waals surface area contributed by atoms with E-state index in [1.54, 1.807) is 0 Å². The Labute approximate surface area is 160 Å². The Kier molecular flexibility index (Phi) is 6.17. The van der Waals surface area contributed by atoms with E-state index >= 15 is 0 Å². The van der Waals surface area contributed by atoms with Crippen LogP contribution in [0.2, 0.25) is 0 Å². The Balaban J connectivity index is 1.60. The van der Waals surface area contributed by atoms with Gasteiger partial charge in [-0.05, 0) is 45.1 Å². The van der Waals surface area contributed by atoms with Crippen molar-refractivity contribution < 1.29 is 4.84 Å². The first-order valence-corrected chi connectivity index (χ1v) is 8.86. The molecule has 2 aromatic rings. The standard InChI is InChI=1S/C20H25N6O/c1-16(14-17-10-6-4-7-11-17)26-15-19(27-24-26)21-20(25(2)3)23-22-18-12-8-5-9-13-18/h4-13,15-16,22,24H,14H2,1-3H3/q-1. The fourth-order valence-corrected chi connectivity index (χ4v) is 2.54. The number of benzene rings is 2. The number of guanidine groups is 1. The summed E-state index contributed by atoms with van der Waals surface area (Å²) in [4.78, 5) is 7.31. The molecule has 0 fully saturated rings. The van der Waals surface area contributed by atoms with Gasteiger partial charge in [-0.1, -0.05) is 54.1 Å². The second-order valence-electron chi connectivity index (χ2n) is 6.50. The average Bonchev–Trinajstić information content (AvgIpc) is 3.15. The normalized spacial score (nSPS) is 15.0. The van der Waals surface area contributed by atoms with E-state index in [4.69, 9.17) is 4.84 Å². The summed E-state index contributed by atoms with van der Waals surface area (Å²) in [6.07, 6.45) is 2.74. The molecule has 2 N–H and O–H groups in total. The van der Waals surface area contributed by atoms with Crippen LogP contribution in [0.1, 0.15) is 12.5 Å². The Morgan fingerprint density at radius 3 is 2.48 bits per heavy atom. The quantitative estimate of drug-likeness (QED) is 0.466. The fraction of sp³-hybridized carbons (Fsp3) is 0.250. The summed E-state index contributed by atoms with van der Waals surface area (Å²) in [6, 6.07) is 20.3. The molecule has 1 aliphatic heterocycles. The Bertz CT molecular complexity index is 776. The van der Waals surface area contributed by atoms with Gasteiger partial charge in [0.15, 0.2) is 5.88 Å². The molecule has 1 unspecified atom stereocenters. The molecule has 3 rings (SSSR count). The van der Waals surface area contributed by atoms with Gasteiger partial charge < -0.3 is 20.5 Å². The summed E-state index contributed by atoms with van der Waals surface area (Å²) in [7, 11) is 3.77. The van der Waals surface area contributed by atoms with Gasteiger partial charge in [0.1, 0.15) is 0 Å². The summed E-state index contributed by atoms with van der Waals surface area (Å²) < 4.78 is 0. The summed E-state index contributed by atoms with van der Waals surface area (Å²) in [6.45, 7) is 2.13. The molecule has 1 aliphatic rings. The van der Waals surface area contributed by atoms with Gasteiger partial charge in [-0.25, -0.2) is 0 Å². The lowest BCUT2D eigenvalue weighted by atomic mass is 10.1. The predicted molar refractivity (Wildman–Crippen MR) is 108 cm³/mol. The highest BCUT2D eigenvalue weighted by atomic mass is 16.7. The average molecular weight is 365 g/mol. The van der Waals surface area contributed by atoms with Crippen LogP contribution in [0, 0.1) is 0 Å². The fourth-order valence-electron chi connectivity index (χ4n) is 2.54. The smallest absolute Gasteiger partial charge is 0.191 e. The lowest BCUT2D eigenvalue weighted by molar-refractivity contribution is 0.00573. The third kappa shape index (κ3) is 5.39. The van der Waals surface area contributed by atoms with Crippen molar-refractivity contribution >= 4 is 11.6 Å². The molecule has 1 atom stereocenters. The SMILES string of the molecule is CC(Cc1ccccc1)N1C=C([N-]C(=NNc2ccccc2)N(C)C)ON1. The minimum absolute atomic E-state index is 0.210. The third-order valence-electron chi connectivity index (χ3n) is 4.02. The highest BCUT2D eigenvalue weighted by Gasteiger charge is 2.18. The van der Waals surface area contributed by atoms with Gasteiger partial charge in [-0.15, -0.1) is 0 Å². The van der Waals surface area contributed by atoms with Gasteiger partial charge in [0.2, 0.25) is 0 Å². The van der Waals surface area contributed by atoms with Crippen LogP contribution < -0.4 is 11.0 Å². The maximum atomic E-state index is 5.49. The van der Waals surface area contributed by atoms with E-state index in [9.17, 15) is 0 Å². The molecule has 0 radical (unpaired) electrons. The highest BCUT2D eigenvalue weighted by molar-refractivity contribution is 5.94. The van der Waals surface area contributed by atoms with E-state index in [1.165, 1.54) is 5.56 Å². The van der Waals surface area contributed by atoms with E-state index in [1.807, 2.05) is 78.7 Å². The molecule has 1 heterocycles. The van der Waals surface area contributed by atoms with E-state index in [-0.39, 0.29) is 6.04 Å². The minimum Gasteiger partial charge on any atom is -0.431 e. The van der Waals surface area contributed by atoms with Crippen LogP contribution in [0.25, 0.3) is 5.32 Å². The first-order valence-electron chi connectivity index (χ1n) is 8.86. The number of hydrogen-bond donors (Lipinski definition) is 2. The summed E-state index contributed by atoms with van der Waals surface area (Å²) >= 11 is 0. The van der Waals surface area contributed by atoms with E-state index in [2.05, 4.69) is 40.5 Å². The molecule has 7 nitrogen and oxygen atoms in total. The molecule has 0 amide bonds. The monoisotopic (exact) mass is 365 g/mol.